The van der Waals surface area contributed by atoms with Crippen molar-refractivity contribution in [2.45, 2.75) is 56.1 Å². The second-order valence-corrected chi connectivity index (χ2v) is 7.92. The summed E-state index contributed by atoms with van der Waals surface area (Å²) >= 11 is 0. The molecule has 0 atom stereocenters. The lowest BCUT2D eigenvalue weighted by Crippen LogP contribution is -2.49. The minimum absolute atomic E-state index is 0.329. The van der Waals surface area contributed by atoms with Crippen LogP contribution in [0.5, 0.6) is 11.5 Å². The third-order valence-electron chi connectivity index (χ3n) is 5.88. The lowest BCUT2D eigenvalue weighted by atomic mass is 9.66. The molecular formula is C24H27NO2. The van der Waals surface area contributed by atoms with E-state index in [1.165, 1.54) is 29.5 Å². The maximum atomic E-state index is 6.14. The minimum atomic E-state index is -0.420. The Labute approximate surface area is 161 Å². The van der Waals surface area contributed by atoms with Crippen LogP contribution in [0, 0.1) is 12.3 Å². The highest BCUT2D eigenvalue weighted by Gasteiger charge is 2.40. The van der Waals surface area contributed by atoms with E-state index in [1.807, 2.05) is 6.07 Å². The smallest absolute Gasteiger partial charge is 0.161 e. The summed E-state index contributed by atoms with van der Waals surface area (Å²) in [7, 11) is 1.68. The van der Waals surface area contributed by atoms with E-state index in [2.05, 4.69) is 42.3 Å². The Hall–Kier alpha value is -2.44. The monoisotopic (exact) mass is 361 g/mol. The lowest BCUT2D eigenvalue weighted by molar-refractivity contribution is 0.199. The molecule has 1 aromatic rings. The first-order valence-electron chi connectivity index (χ1n) is 9.82. The molecule has 0 aliphatic heterocycles. The second-order valence-electron chi connectivity index (χ2n) is 7.92. The predicted octanol–water partition coefficient (Wildman–Crippen LogP) is 4.89. The summed E-state index contributed by atoms with van der Waals surface area (Å²) in [5, 5.41) is 0. The zero-order valence-corrected chi connectivity index (χ0v) is 15.9. The van der Waals surface area contributed by atoms with Crippen LogP contribution >= 0.6 is 0 Å². The molecule has 0 bridgehead atoms. The first-order valence-corrected chi connectivity index (χ1v) is 9.82. The summed E-state index contributed by atoms with van der Waals surface area (Å²) < 4.78 is 11.6. The Morgan fingerprint density at radius 1 is 1.04 bits per heavy atom. The second kappa shape index (κ2) is 7.29. The van der Waals surface area contributed by atoms with Crippen molar-refractivity contribution >= 4 is 0 Å². The fourth-order valence-electron chi connectivity index (χ4n) is 4.07. The average Bonchev–Trinajstić information content (AvgIpc) is 3.03. The van der Waals surface area contributed by atoms with E-state index in [4.69, 9.17) is 21.6 Å². The largest absolute Gasteiger partial charge is 0.493 e. The summed E-state index contributed by atoms with van der Waals surface area (Å²) in [5.41, 5.74) is 9.75. The molecule has 0 unspecified atom stereocenters. The first kappa shape index (κ1) is 17.9. The van der Waals surface area contributed by atoms with Gasteiger partial charge in [-0.3, -0.25) is 0 Å². The van der Waals surface area contributed by atoms with Gasteiger partial charge in [0.15, 0.2) is 11.5 Å². The molecule has 0 amide bonds. The summed E-state index contributed by atoms with van der Waals surface area (Å²) in [4.78, 5) is 0. The van der Waals surface area contributed by atoms with Crippen LogP contribution in [-0.4, -0.2) is 18.8 Å². The van der Waals surface area contributed by atoms with Crippen molar-refractivity contribution in [1.29, 1.82) is 0 Å². The van der Waals surface area contributed by atoms with Gasteiger partial charge in [0.1, 0.15) is 0 Å². The number of hydrogen-bond acceptors (Lipinski definition) is 3. The molecule has 0 aromatic heterocycles. The van der Waals surface area contributed by atoms with Crippen LogP contribution < -0.4 is 15.2 Å². The maximum absolute atomic E-state index is 6.14. The van der Waals surface area contributed by atoms with Gasteiger partial charge in [0.05, 0.1) is 18.8 Å². The number of hydrogen-bond donors (Lipinski definition) is 1. The predicted molar refractivity (Wildman–Crippen MR) is 109 cm³/mol. The van der Waals surface area contributed by atoms with E-state index in [-0.39, 0.29) is 0 Å². The van der Waals surface area contributed by atoms with Crippen LogP contribution in [0.15, 0.2) is 42.5 Å². The molecule has 3 heteroatoms. The molecule has 4 aliphatic carbocycles. The van der Waals surface area contributed by atoms with Crippen LogP contribution in [0.25, 0.3) is 11.1 Å². The summed E-state index contributed by atoms with van der Waals surface area (Å²) in [6.45, 7) is 0. The third kappa shape index (κ3) is 3.96. The van der Waals surface area contributed by atoms with Gasteiger partial charge in [-0.05, 0) is 79.3 Å². The highest BCUT2D eigenvalue weighted by atomic mass is 16.5. The average molecular weight is 361 g/mol. The Morgan fingerprint density at radius 3 is 2.26 bits per heavy atom. The lowest BCUT2D eigenvalue weighted by Gasteiger charge is -2.41. The molecule has 2 saturated carbocycles. The molecule has 140 valence electrons. The van der Waals surface area contributed by atoms with Gasteiger partial charge in [-0.2, -0.15) is 0 Å². The topological polar surface area (TPSA) is 44.5 Å². The van der Waals surface area contributed by atoms with Crippen molar-refractivity contribution in [1.82, 2.24) is 0 Å². The Balaban J connectivity index is 0.000000250. The first-order chi connectivity index (χ1) is 13.1. The highest BCUT2D eigenvalue weighted by Crippen LogP contribution is 2.45. The highest BCUT2D eigenvalue weighted by molar-refractivity contribution is 5.80. The van der Waals surface area contributed by atoms with Gasteiger partial charge in [-0.1, -0.05) is 30.2 Å². The van der Waals surface area contributed by atoms with Crippen LogP contribution in [0.2, 0.25) is 0 Å². The Kier molecular flexibility index (Phi) is 4.85. The van der Waals surface area contributed by atoms with E-state index >= 15 is 0 Å². The quantitative estimate of drug-likeness (QED) is 0.673. The van der Waals surface area contributed by atoms with Crippen LogP contribution in [0.3, 0.4) is 0 Å². The fraction of sp³-hybridized carbons (Fsp3) is 0.417. The van der Waals surface area contributed by atoms with Gasteiger partial charge in [0.2, 0.25) is 0 Å². The third-order valence-corrected chi connectivity index (χ3v) is 5.88. The van der Waals surface area contributed by atoms with Crippen molar-refractivity contribution in [2.24, 2.45) is 5.73 Å². The Morgan fingerprint density at radius 2 is 1.74 bits per heavy atom. The van der Waals surface area contributed by atoms with Gasteiger partial charge in [0.25, 0.3) is 0 Å². The van der Waals surface area contributed by atoms with E-state index in [0.717, 1.165) is 37.2 Å². The van der Waals surface area contributed by atoms with Crippen molar-refractivity contribution < 1.29 is 9.47 Å². The van der Waals surface area contributed by atoms with Crippen molar-refractivity contribution in [3.63, 3.8) is 0 Å². The number of terminal acetylenes is 1. The van der Waals surface area contributed by atoms with Crippen molar-refractivity contribution in [3.05, 3.63) is 48.0 Å². The molecule has 0 spiro atoms. The number of fused-ring (bicyclic) bond motifs is 1. The van der Waals surface area contributed by atoms with Crippen LogP contribution in [0.1, 0.15) is 50.0 Å². The van der Waals surface area contributed by atoms with E-state index in [1.54, 1.807) is 7.11 Å². The number of rotatable bonds is 4. The van der Waals surface area contributed by atoms with Gasteiger partial charge in [0, 0.05) is 0 Å². The Bertz CT molecular complexity index is 838. The molecule has 27 heavy (non-hydrogen) atoms. The van der Waals surface area contributed by atoms with E-state index in [0.29, 0.717) is 12.0 Å². The van der Waals surface area contributed by atoms with Gasteiger partial charge in [-0.25, -0.2) is 0 Å². The maximum Gasteiger partial charge on any atom is 0.161 e. The molecule has 0 saturated heterocycles. The zero-order valence-electron chi connectivity index (χ0n) is 15.9. The van der Waals surface area contributed by atoms with Gasteiger partial charge >= 0.3 is 0 Å². The molecule has 5 rings (SSSR count). The molecule has 1 aromatic carbocycles. The summed E-state index contributed by atoms with van der Waals surface area (Å²) in [6.07, 6.45) is 12.3. The zero-order chi connectivity index (χ0) is 18.9. The molecule has 0 heterocycles. The molecular weight excluding hydrogens is 334 g/mol. The van der Waals surface area contributed by atoms with E-state index < -0.39 is 5.54 Å². The molecule has 4 aliphatic rings. The van der Waals surface area contributed by atoms with Crippen molar-refractivity contribution in [2.75, 3.05) is 7.11 Å². The van der Waals surface area contributed by atoms with Gasteiger partial charge < -0.3 is 15.2 Å². The number of methoxy groups -OCH3 is 1. The molecule has 0 radical (unpaired) electrons. The van der Waals surface area contributed by atoms with Crippen LogP contribution in [-0.2, 0) is 0 Å². The van der Waals surface area contributed by atoms with Crippen LogP contribution in [0.4, 0.5) is 0 Å². The van der Waals surface area contributed by atoms with E-state index in [9.17, 15) is 0 Å². The normalized spacial score (nSPS) is 24.9. The van der Waals surface area contributed by atoms with Gasteiger partial charge in [-0.15, -0.1) is 6.42 Å². The summed E-state index contributed by atoms with van der Waals surface area (Å²) in [5.74, 6) is 4.79. The standard InChI is InChI=1S/C18H23NO2.C6H4/c1-3-18(19)11-14(12-18)13-8-9-16(20-2)17(10-13)21-15-6-4-5-7-15;1-2-5-4-6(5)3-1/h1,8-10,14-15H,4-7,11-12,19H2,2H3;1-4H. The molecule has 2 fully saturated rings. The minimum Gasteiger partial charge on any atom is -0.493 e. The van der Waals surface area contributed by atoms with Crippen molar-refractivity contribution in [3.8, 4) is 35.0 Å². The molecule has 3 nitrogen and oxygen atoms in total. The number of nitrogens with two attached hydrogens (primary N) is 1. The number of benzene rings is 2. The number of ether oxygens (including phenoxy) is 2. The molecule has 2 N–H and O–H groups in total. The fourth-order valence-corrected chi connectivity index (χ4v) is 4.07. The summed E-state index contributed by atoms with van der Waals surface area (Å²) in [6, 6.07) is 14.7. The SMILES string of the molecule is C#CC1(N)CC(c2ccc(OC)c(OC3CCCC3)c2)C1.c1cc2cc-2c1.